The van der Waals surface area contributed by atoms with E-state index in [1.54, 1.807) is 6.07 Å². The molecule has 3 aromatic rings. The number of benzene rings is 2. The molecule has 0 amide bonds. The zero-order valence-electron chi connectivity index (χ0n) is 11.3. The van der Waals surface area contributed by atoms with Crippen LogP contribution in [-0.2, 0) is 6.42 Å². The van der Waals surface area contributed by atoms with Gasteiger partial charge in [-0.2, -0.15) is 0 Å². The van der Waals surface area contributed by atoms with Crippen LogP contribution in [0, 0.1) is 5.82 Å². The average molecular weight is 269 g/mol. The Morgan fingerprint density at radius 2 is 1.90 bits per heavy atom. The van der Waals surface area contributed by atoms with Gasteiger partial charge in [-0.05, 0) is 31.0 Å². The number of rotatable bonds is 3. The van der Waals surface area contributed by atoms with Gasteiger partial charge in [0.25, 0.3) is 0 Å². The number of para-hydroxylation sites is 1. The fourth-order valence-corrected chi connectivity index (χ4v) is 2.35. The van der Waals surface area contributed by atoms with Crippen molar-refractivity contribution < 1.29 is 8.81 Å². The number of furan rings is 1. The highest BCUT2D eigenvalue weighted by molar-refractivity contribution is 5.83. The lowest BCUT2D eigenvalue weighted by atomic mass is 10.0. The largest absolute Gasteiger partial charge is 0.453 e. The van der Waals surface area contributed by atoms with Crippen molar-refractivity contribution in [3.8, 4) is 11.3 Å². The van der Waals surface area contributed by atoms with Crippen LogP contribution in [0.25, 0.3) is 22.3 Å². The minimum atomic E-state index is -0.331. The Morgan fingerprint density at radius 3 is 2.55 bits per heavy atom. The highest BCUT2D eigenvalue weighted by atomic mass is 19.1. The number of hydrogen-bond acceptors (Lipinski definition) is 2. The molecule has 1 unspecified atom stereocenters. The van der Waals surface area contributed by atoms with E-state index in [0.29, 0.717) is 11.3 Å². The molecule has 0 aliphatic heterocycles. The minimum absolute atomic E-state index is 0.140. The zero-order chi connectivity index (χ0) is 14.1. The van der Waals surface area contributed by atoms with Gasteiger partial charge in [-0.3, -0.25) is 0 Å². The van der Waals surface area contributed by atoms with E-state index in [9.17, 15) is 4.39 Å². The van der Waals surface area contributed by atoms with E-state index in [2.05, 4.69) is 0 Å². The Balaban J connectivity index is 1.96. The average Bonchev–Trinajstić information content (AvgIpc) is 2.84. The van der Waals surface area contributed by atoms with E-state index in [0.717, 1.165) is 17.4 Å². The topological polar surface area (TPSA) is 39.2 Å². The molecule has 0 aliphatic rings. The van der Waals surface area contributed by atoms with Crippen molar-refractivity contribution in [3.63, 3.8) is 0 Å². The van der Waals surface area contributed by atoms with Gasteiger partial charge in [0, 0.05) is 17.0 Å². The second-order valence-electron chi connectivity index (χ2n) is 5.15. The van der Waals surface area contributed by atoms with Gasteiger partial charge in [0.15, 0.2) is 11.4 Å². The first-order valence-corrected chi connectivity index (χ1v) is 6.66. The smallest absolute Gasteiger partial charge is 0.170 e. The van der Waals surface area contributed by atoms with Crippen molar-refractivity contribution in [1.29, 1.82) is 0 Å². The molecular formula is C17H16FNO. The molecule has 0 bridgehead atoms. The zero-order valence-corrected chi connectivity index (χ0v) is 11.3. The third kappa shape index (κ3) is 2.45. The van der Waals surface area contributed by atoms with Crippen molar-refractivity contribution in [2.24, 2.45) is 5.73 Å². The van der Waals surface area contributed by atoms with Gasteiger partial charge < -0.3 is 10.2 Å². The molecule has 0 fully saturated rings. The summed E-state index contributed by atoms with van der Waals surface area (Å²) in [4.78, 5) is 0. The van der Waals surface area contributed by atoms with E-state index in [1.165, 1.54) is 11.6 Å². The summed E-state index contributed by atoms with van der Waals surface area (Å²) in [7, 11) is 0. The van der Waals surface area contributed by atoms with Crippen LogP contribution >= 0.6 is 0 Å². The molecule has 2 N–H and O–H groups in total. The Kier molecular flexibility index (Phi) is 3.28. The Bertz CT molecular complexity index is 728. The molecule has 1 aromatic heterocycles. The van der Waals surface area contributed by atoms with Gasteiger partial charge in [0.1, 0.15) is 5.76 Å². The summed E-state index contributed by atoms with van der Waals surface area (Å²) in [6.45, 7) is 1.98. The van der Waals surface area contributed by atoms with E-state index in [1.807, 2.05) is 43.3 Å². The van der Waals surface area contributed by atoms with Crippen LogP contribution in [0.3, 0.4) is 0 Å². The standard InChI is InChI=1S/C17H16FNO/c1-11(19)9-12-5-7-13(8-6-12)16-10-14-3-2-4-15(18)17(14)20-16/h2-8,10-11H,9,19H2,1H3. The molecule has 2 nitrogen and oxygen atoms in total. The predicted octanol–water partition coefficient (Wildman–Crippen LogP) is 4.13. The van der Waals surface area contributed by atoms with Crippen LogP contribution in [0.5, 0.6) is 0 Å². The first-order chi connectivity index (χ1) is 9.63. The van der Waals surface area contributed by atoms with Crippen molar-refractivity contribution in [1.82, 2.24) is 0 Å². The van der Waals surface area contributed by atoms with Gasteiger partial charge in [-0.15, -0.1) is 0 Å². The SMILES string of the molecule is CC(N)Cc1ccc(-c2cc3cccc(F)c3o2)cc1. The van der Waals surface area contributed by atoms with E-state index in [4.69, 9.17) is 10.2 Å². The highest BCUT2D eigenvalue weighted by Crippen LogP contribution is 2.29. The van der Waals surface area contributed by atoms with Crippen LogP contribution < -0.4 is 5.73 Å². The van der Waals surface area contributed by atoms with Crippen LogP contribution in [0.2, 0.25) is 0 Å². The molecule has 3 rings (SSSR count). The first-order valence-electron chi connectivity index (χ1n) is 6.66. The Labute approximate surface area is 117 Å². The summed E-state index contributed by atoms with van der Waals surface area (Å²) in [6, 6.07) is 14.9. The summed E-state index contributed by atoms with van der Waals surface area (Å²) in [5, 5.41) is 0.777. The second kappa shape index (κ2) is 5.10. The fraction of sp³-hybridized carbons (Fsp3) is 0.176. The number of fused-ring (bicyclic) bond motifs is 1. The molecule has 20 heavy (non-hydrogen) atoms. The molecule has 0 saturated carbocycles. The number of halogens is 1. The summed E-state index contributed by atoms with van der Waals surface area (Å²) < 4.78 is 19.2. The van der Waals surface area contributed by atoms with E-state index >= 15 is 0 Å². The number of hydrogen-bond donors (Lipinski definition) is 1. The molecule has 0 radical (unpaired) electrons. The summed E-state index contributed by atoms with van der Waals surface area (Å²) >= 11 is 0. The normalized spacial score (nSPS) is 12.8. The molecule has 0 aliphatic carbocycles. The van der Waals surface area contributed by atoms with Crippen molar-refractivity contribution in [3.05, 3.63) is 59.9 Å². The molecule has 1 heterocycles. The monoisotopic (exact) mass is 269 g/mol. The van der Waals surface area contributed by atoms with Gasteiger partial charge >= 0.3 is 0 Å². The summed E-state index contributed by atoms with van der Waals surface area (Å²) in [5.74, 6) is 0.347. The van der Waals surface area contributed by atoms with Gasteiger partial charge in [-0.25, -0.2) is 4.39 Å². The lowest BCUT2D eigenvalue weighted by Gasteiger charge is -2.05. The number of nitrogens with two attached hydrogens (primary N) is 1. The highest BCUT2D eigenvalue weighted by Gasteiger charge is 2.09. The maximum atomic E-state index is 13.6. The van der Waals surface area contributed by atoms with Crippen molar-refractivity contribution >= 4 is 11.0 Å². The van der Waals surface area contributed by atoms with Gasteiger partial charge in [-0.1, -0.05) is 36.4 Å². The van der Waals surface area contributed by atoms with Gasteiger partial charge in [0.05, 0.1) is 0 Å². The molecule has 1 atom stereocenters. The maximum absolute atomic E-state index is 13.6. The van der Waals surface area contributed by atoms with Crippen LogP contribution in [0.1, 0.15) is 12.5 Å². The summed E-state index contributed by atoms with van der Waals surface area (Å²) in [6.07, 6.45) is 0.842. The lowest BCUT2D eigenvalue weighted by Crippen LogP contribution is -2.17. The molecule has 102 valence electrons. The van der Waals surface area contributed by atoms with Crippen LogP contribution in [0.4, 0.5) is 4.39 Å². The van der Waals surface area contributed by atoms with Gasteiger partial charge in [0.2, 0.25) is 0 Å². The molecule has 0 spiro atoms. The van der Waals surface area contributed by atoms with Crippen molar-refractivity contribution in [2.45, 2.75) is 19.4 Å². The minimum Gasteiger partial charge on any atom is -0.453 e. The molecule has 3 heteroatoms. The fourth-order valence-electron chi connectivity index (χ4n) is 2.35. The van der Waals surface area contributed by atoms with Crippen LogP contribution in [0.15, 0.2) is 52.9 Å². The maximum Gasteiger partial charge on any atom is 0.170 e. The van der Waals surface area contributed by atoms with Crippen LogP contribution in [-0.4, -0.2) is 6.04 Å². The third-order valence-corrected chi connectivity index (χ3v) is 3.29. The molecule has 0 saturated heterocycles. The summed E-state index contributed by atoms with van der Waals surface area (Å²) in [5.41, 5.74) is 8.21. The van der Waals surface area contributed by atoms with E-state index in [-0.39, 0.29) is 11.9 Å². The molecule has 2 aromatic carbocycles. The van der Waals surface area contributed by atoms with E-state index < -0.39 is 0 Å². The Morgan fingerprint density at radius 1 is 1.15 bits per heavy atom. The first kappa shape index (κ1) is 12.9. The van der Waals surface area contributed by atoms with Crippen molar-refractivity contribution in [2.75, 3.05) is 0 Å². The molecular weight excluding hydrogens is 253 g/mol. The second-order valence-corrected chi connectivity index (χ2v) is 5.15. The quantitative estimate of drug-likeness (QED) is 0.776. The Hall–Kier alpha value is -2.13. The third-order valence-electron chi connectivity index (χ3n) is 3.29. The lowest BCUT2D eigenvalue weighted by molar-refractivity contribution is 0.569. The predicted molar refractivity (Wildman–Crippen MR) is 79.0 cm³/mol.